The highest BCUT2D eigenvalue weighted by atomic mass is 35.5. The van der Waals surface area contributed by atoms with Crippen LogP contribution in [0.2, 0.25) is 5.02 Å². The molecule has 0 spiro atoms. The topological polar surface area (TPSA) is 71.5 Å². The molecule has 7 heteroatoms. The Morgan fingerprint density at radius 2 is 1.92 bits per heavy atom. The Morgan fingerprint density at radius 3 is 2.50 bits per heavy atom. The first-order valence-corrected chi connectivity index (χ1v) is 7.62. The number of pyridine rings is 1. The number of hydrogen-bond donors (Lipinski definition) is 1. The monoisotopic (exact) mass is 347 g/mol. The zero-order valence-corrected chi connectivity index (χ0v) is 14.4. The molecule has 0 bridgehead atoms. The third kappa shape index (κ3) is 4.78. The van der Waals surface area contributed by atoms with E-state index in [4.69, 9.17) is 16.4 Å². The van der Waals surface area contributed by atoms with E-state index in [0.29, 0.717) is 17.1 Å². The standard InChI is InChI=1S/C17H18ClN3O3/c1-17(2,3)24-21(11-22)15-10-19-9-8-14(15)16(23)20-13-6-4-12(18)5-7-13/h4-11H,1-3H3,(H,20,23). The molecule has 0 unspecified atom stereocenters. The number of carbonyl (C=O) groups is 2. The summed E-state index contributed by atoms with van der Waals surface area (Å²) in [5.74, 6) is -0.390. The van der Waals surface area contributed by atoms with E-state index in [1.165, 1.54) is 18.5 Å². The van der Waals surface area contributed by atoms with Crippen molar-refractivity contribution in [3.63, 3.8) is 0 Å². The van der Waals surface area contributed by atoms with Crippen LogP contribution < -0.4 is 10.4 Å². The number of aromatic nitrogens is 1. The Bertz CT molecular complexity index is 727. The molecule has 0 atom stereocenters. The molecule has 1 heterocycles. The van der Waals surface area contributed by atoms with E-state index in [0.717, 1.165) is 5.06 Å². The molecular formula is C17H18ClN3O3. The minimum atomic E-state index is -0.610. The Kier molecular flexibility index (Phi) is 5.54. The lowest BCUT2D eigenvalue weighted by Gasteiger charge is -2.27. The SMILES string of the molecule is CC(C)(C)ON(C=O)c1cnccc1C(=O)Nc1ccc(Cl)cc1. The van der Waals surface area contributed by atoms with E-state index in [9.17, 15) is 9.59 Å². The first kappa shape index (κ1) is 17.9. The van der Waals surface area contributed by atoms with Crippen LogP contribution in [0.5, 0.6) is 0 Å². The van der Waals surface area contributed by atoms with Crippen LogP contribution in [0.3, 0.4) is 0 Å². The second-order valence-electron chi connectivity index (χ2n) is 5.99. The minimum absolute atomic E-state index is 0.258. The van der Waals surface area contributed by atoms with Crippen LogP contribution in [-0.2, 0) is 9.63 Å². The molecule has 0 fully saturated rings. The first-order chi connectivity index (χ1) is 11.3. The maximum absolute atomic E-state index is 12.5. The van der Waals surface area contributed by atoms with Crippen LogP contribution in [0.15, 0.2) is 42.7 Å². The third-order valence-electron chi connectivity index (χ3n) is 2.85. The van der Waals surface area contributed by atoms with Crippen molar-refractivity contribution in [2.75, 3.05) is 10.4 Å². The summed E-state index contributed by atoms with van der Waals surface area (Å²) in [6, 6.07) is 8.23. The average Bonchev–Trinajstić information content (AvgIpc) is 2.54. The predicted molar refractivity (Wildman–Crippen MR) is 93.0 cm³/mol. The Hall–Kier alpha value is -2.44. The van der Waals surface area contributed by atoms with Crippen molar-refractivity contribution in [3.05, 3.63) is 53.3 Å². The maximum Gasteiger partial charge on any atom is 0.257 e. The lowest BCUT2D eigenvalue weighted by Crippen LogP contribution is -2.34. The molecule has 2 amide bonds. The fraction of sp³-hybridized carbons (Fsp3) is 0.235. The molecule has 2 rings (SSSR count). The summed E-state index contributed by atoms with van der Waals surface area (Å²) in [7, 11) is 0. The fourth-order valence-corrected chi connectivity index (χ4v) is 2.03. The average molecular weight is 348 g/mol. The normalized spacial score (nSPS) is 11.0. The van der Waals surface area contributed by atoms with Gasteiger partial charge in [-0.2, -0.15) is 5.06 Å². The Morgan fingerprint density at radius 1 is 1.25 bits per heavy atom. The minimum Gasteiger partial charge on any atom is -0.322 e. The summed E-state index contributed by atoms with van der Waals surface area (Å²) in [6.45, 7) is 5.40. The van der Waals surface area contributed by atoms with Crippen molar-refractivity contribution in [2.45, 2.75) is 26.4 Å². The van der Waals surface area contributed by atoms with Gasteiger partial charge in [0.05, 0.1) is 17.4 Å². The third-order valence-corrected chi connectivity index (χ3v) is 3.10. The fourth-order valence-electron chi connectivity index (χ4n) is 1.91. The van der Waals surface area contributed by atoms with Gasteiger partial charge in [0.2, 0.25) is 6.41 Å². The van der Waals surface area contributed by atoms with Crippen LogP contribution in [0.1, 0.15) is 31.1 Å². The molecule has 1 N–H and O–H groups in total. The molecule has 6 nitrogen and oxygen atoms in total. The molecule has 0 aliphatic rings. The van der Waals surface area contributed by atoms with E-state index >= 15 is 0 Å². The Balaban J connectivity index is 2.28. The summed E-state index contributed by atoms with van der Waals surface area (Å²) in [6.07, 6.45) is 3.37. The molecule has 1 aromatic heterocycles. The summed E-state index contributed by atoms with van der Waals surface area (Å²) in [4.78, 5) is 33.4. The van der Waals surface area contributed by atoms with Gasteiger partial charge in [0.1, 0.15) is 5.69 Å². The van der Waals surface area contributed by atoms with Gasteiger partial charge in [-0.05, 0) is 51.1 Å². The van der Waals surface area contributed by atoms with Crippen molar-refractivity contribution < 1.29 is 14.4 Å². The van der Waals surface area contributed by atoms with Gasteiger partial charge in [0.15, 0.2) is 0 Å². The van der Waals surface area contributed by atoms with Crippen molar-refractivity contribution in [1.29, 1.82) is 0 Å². The predicted octanol–water partition coefficient (Wildman–Crippen LogP) is 3.68. The van der Waals surface area contributed by atoms with Crippen LogP contribution in [0.25, 0.3) is 0 Å². The van der Waals surface area contributed by atoms with E-state index in [2.05, 4.69) is 10.3 Å². The lowest BCUT2D eigenvalue weighted by molar-refractivity contribution is -0.120. The number of nitrogens with zero attached hydrogens (tertiary/aromatic N) is 2. The van der Waals surface area contributed by atoms with E-state index < -0.39 is 5.60 Å². The molecule has 0 aliphatic heterocycles. The molecule has 2 aromatic rings. The van der Waals surface area contributed by atoms with Gasteiger partial charge in [-0.25, -0.2) is 0 Å². The molecule has 0 aliphatic carbocycles. The molecule has 1 aromatic carbocycles. The second kappa shape index (κ2) is 7.42. The number of benzene rings is 1. The molecule has 0 radical (unpaired) electrons. The number of hydroxylamine groups is 1. The molecule has 24 heavy (non-hydrogen) atoms. The highest BCUT2D eigenvalue weighted by Gasteiger charge is 2.22. The number of hydrogen-bond acceptors (Lipinski definition) is 4. The molecule has 0 saturated heterocycles. The van der Waals surface area contributed by atoms with Crippen LogP contribution in [0, 0.1) is 0 Å². The van der Waals surface area contributed by atoms with E-state index in [1.54, 1.807) is 45.0 Å². The van der Waals surface area contributed by atoms with Gasteiger partial charge in [-0.15, -0.1) is 0 Å². The summed E-state index contributed by atoms with van der Waals surface area (Å²) in [5, 5.41) is 4.32. The van der Waals surface area contributed by atoms with E-state index in [-0.39, 0.29) is 17.2 Å². The Labute approximate surface area is 145 Å². The quantitative estimate of drug-likeness (QED) is 0.661. The van der Waals surface area contributed by atoms with E-state index in [1.807, 2.05) is 0 Å². The number of carbonyl (C=O) groups excluding carboxylic acids is 2. The van der Waals surface area contributed by atoms with Crippen LogP contribution in [-0.4, -0.2) is 22.9 Å². The molecule has 126 valence electrons. The van der Waals surface area contributed by atoms with Crippen LogP contribution in [0.4, 0.5) is 11.4 Å². The zero-order valence-electron chi connectivity index (χ0n) is 13.6. The van der Waals surface area contributed by atoms with Gasteiger partial charge < -0.3 is 5.32 Å². The van der Waals surface area contributed by atoms with Crippen molar-refractivity contribution >= 4 is 35.3 Å². The largest absolute Gasteiger partial charge is 0.322 e. The lowest BCUT2D eigenvalue weighted by atomic mass is 10.2. The van der Waals surface area contributed by atoms with Crippen LogP contribution >= 0.6 is 11.6 Å². The first-order valence-electron chi connectivity index (χ1n) is 7.25. The zero-order chi connectivity index (χ0) is 17.7. The highest BCUT2D eigenvalue weighted by molar-refractivity contribution is 6.30. The summed E-state index contributed by atoms with van der Waals surface area (Å²) >= 11 is 5.83. The molecular weight excluding hydrogens is 330 g/mol. The van der Waals surface area contributed by atoms with Gasteiger partial charge in [0, 0.05) is 16.9 Å². The number of amides is 2. The van der Waals surface area contributed by atoms with Crippen molar-refractivity contribution in [1.82, 2.24) is 4.98 Å². The van der Waals surface area contributed by atoms with Crippen molar-refractivity contribution in [3.8, 4) is 0 Å². The van der Waals surface area contributed by atoms with Gasteiger partial charge in [0.25, 0.3) is 5.91 Å². The number of rotatable bonds is 5. The second-order valence-corrected chi connectivity index (χ2v) is 6.43. The summed E-state index contributed by atoms with van der Waals surface area (Å²) in [5.41, 5.74) is 0.493. The maximum atomic E-state index is 12.5. The highest BCUT2D eigenvalue weighted by Crippen LogP contribution is 2.23. The number of anilines is 2. The summed E-state index contributed by atoms with van der Waals surface area (Å²) < 4.78 is 0. The van der Waals surface area contributed by atoms with Gasteiger partial charge in [-0.1, -0.05) is 11.6 Å². The van der Waals surface area contributed by atoms with Gasteiger partial charge in [-0.3, -0.25) is 19.4 Å². The molecule has 0 saturated carbocycles. The number of nitrogens with one attached hydrogen (secondary N) is 1. The smallest absolute Gasteiger partial charge is 0.257 e. The van der Waals surface area contributed by atoms with Crippen molar-refractivity contribution in [2.24, 2.45) is 0 Å². The van der Waals surface area contributed by atoms with Gasteiger partial charge >= 0.3 is 0 Å². The number of halogens is 1.